The highest BCUT2D eigenvalue weighted by atomic mass is 16.4. The molecule has 5 heteroatoms. The smallest absolute Gasteiger partial charge is 0.402 e. The van der Waals surface area contributed by atoms with Crippen molar-refractivity contribution in [1.82, 2.24) is 0 Å². The Labute approximate surface area is 52.1 Å². The van der Waals surface area contributed by atoms with Gasteiger partial charge in [0.2, 0.25) is 0 Å². The van der Waals surface area contributed by atoms with E-state index >= 15 is 0 Å². The summed E-state index contributed by atoms with van der Waals surface area (Å²) >= 11 is 0. The maximum atomic E-state index is 9.37. The second-order valence-corrected chi connectivity index (χ2v) is 1.09. The summed E-state index contributed by atoms with van der Waals surface area (Å²) in [6.45, 7) is 1.60. The topological polar surface area (TPSA) is 101 Å². The molecular weight excluding hydrogens is 126 g/mol. The van der Waals surface area contributed by atoms with Gasteiger partial charge in [0.25, 0.3) is 0 Å². The van der Waals surface area contributed by atoms with Crippen LogP contribution in [0.5, 0.6) is 0 Å². The second kappa shape index (κ2) is 6.74. The Morgan fingerprint density at radius 2 is 1.56 bits per heavy atom. The number of amides is 1. The molecule has 0 spiro atoms. The summed E-state index contributed by atoms with van der Waals surface area (Å²) < 4.78 is 0. The second-order valence-electron chi connectivity index (χ2n) is 1.09. The molecule has 0 aliphatic heterocycles. The van der Waals surface area contributed by atoms with Gasteiger partial charge < -0.3 is 15.9 Å². The zero-order chi connectivity index (χ0) is 7.86. The van der Waals surface area contributed by atoms with Gasteiger partial charge in [-0.15, -0.1) is 0 Å². The molecule has 0 bridgehead atoms. The van der Waals surface area contributed by atoms with Crippen molar-refractivity contribution in [2.24, 2.45) is 5.73 Å². The Bertz CT molecular complexity index is 96.7. The zero-order valence-corrected chi connectivity index (χ0v) is 5.00. The predicted molar refractivity (Wildman–Crippen MR) is 30.1 cm³/mol. The van der Waals surface area contributed by atoms with Crippen LogP contribution in [0.4, 0.5) is 4.79 Å². The van der Waals surface area contributed by atoms with E-state index in [1.165, 1.54) is 0 Å². The monoisotopic (exact) mass is 135 g/mol. The number of carbonyl (C=O) groups is 2. The fourth-order valence-electron chi connectivity index (χ4n) is 0. The molecule has 0 radical (unpaired) electrons. The fraction of sp³-hybridized carbons (Fsp3) is 0.500. The van der Waals surface area contributed by atoms with E-state index in [0.29, 0.717) is 0 Å². The molecule has 0 rings (SSSR count). The number of rotatable bonds is 1. The molecule has 0 saturated carbocycles. The number of primary amides is 1. The van der Waals surface area contributed by atoms with Crippen molar-refractivity contribution in [2.45, 2.75) is 13.3 Å². The summed E-state index contributed by atoms with van der Waals surface area (Å²) in [5.41, 5.74) is 4.03. The molecule has 0 aromatic rings. The molecule has 54 valence electrons. The predicted octanol–water partition coefficient (Wildman–Crippen LogP) is 0.104. The maximum absolute atomic E-state index is 9.37. The lowest BCUT2D eigenvalue weighted by Crippen LogP contribution is -2.03. The van der Waals surface area contributed by atoms with Gasteiger partial charge in [0.15, 0.2) is 0 Å². The van der Waals surface area contributed by atoms with Crippen LogP contribution in [-0.4, -0.2) is 22.3 Å². The average molecular weight is 135 g/mol. The van der Waals surface area contributed by atoms with Crippen molar-refractivity contribution in [3.05, 3.63) is 0 Å². The molecule has 0 saturated heterocycles. The van der Waals surface area contributed by atoms with Crippen molar-refractivity contribution in [3.63, 3.8) is 0 Å². The zero-order valence-electron chi connectivity index (χ0n) is 5.00. The first-order valence-corrected chi connectivity index (χ1v) is 2.20. The van der Waals surface area contributed by atoms with Crippen LogP contribution in [0.15, 0.2) is 0 Å². The third-order valence-corrected chi connectivity index (χ3v) is 0.302. The molecule has 0 aliphatic rings. The highest BCUT2D eigenvalue weighted by molar-refractivity contribution is 5.66. The molecule has 0 unspecified atom stereocenters. The summed E-state index contributed by atoms with van der Waals surface area (Å²) in [5.74, 6) is -0.745. The maximum Gasteiger partial charge on any atom is 0.402 e. The quantitative estimate of drug-likeness (QED) is 0.474. The van der Waals surface area contributed by atoms with E-state index in [1.807, 2.05) is 0 Å². The molecule has 0 fully saturated rings. The number of nitrogens with two attached hydrogens (primary N) is 1. The molecule has 0 aromatic carbocycles. The van der Waals surface area contributed by atoms with Gasteiger partial charge in [0.1, 0.15) is 0 Å². The molecule has 0 atom stereocenters. The Morgan fingerprint density at radius 1 is 1.44 bits per heavy atom. The van der Waals surface area contributed by atoms with Crippen molar-refractivity contribution in [3.8, 4) is 0 Å². The molecular formula is C4H9NO4. The van der Waals surface area contributed by atoms with E-state index in [-0.39, 0.29) is 6.42 Å². The third-order valence-electron chi connectivity index (χ3n) is 0.302. The Balaban J connectivity index is 0. The molecule has 4 N–H and O–H groups in total. The number of hydrogen-bond donors (Lipinski definition) is 3. The van der Waals surface area contributed by atoms with Gasteiger partial charge in [0, 0.05) is 6.42 Å². The van der Waals surface area contributed by atoms with Crippen LogP contribution in [0.3, 0.4) is 0 Å². The number of carboxylic acids is 1. The molecule has 5 nitrogen and oxygen atoms in total. The minimum Gasteiger partial charge on any atom is -0.481 e. The lowest BCUT2D eigenvalue weighted by molar-refractivity contribution is -0.136. The van der Waals surface area contributed by atoms with Crippen LogP contribution in [-0.2, 0) is 4.79 Å². The summed E-state index contributed by atoms with van der Waals surface area (Å²) in [5, 5.41) is 14.9. The SMILES string of the molecule is CCC(=O)O.NC(=O)O. The van der Waals surface area contributed by atoms with Crippen molar-refractivity contribution in [1.29, 1.82) is 0 Å². The first-order chi connectivity index (χ1) is 4.00. The minimum atomic E-state index is -1.33. The number of carboxylic acid groups (broad SMARTS) is 2. The fourth-order valence-corrected chi connectivity index (χ4v) is 0. The van der Waals surface area contributed by atoms with Crippen molar-refractivity contribution >= 4 is 12.1 Å². The Hall–Kier alpha value is -1.26. The summed E-state index contributed by atoms with van der Waals surface area (Å²) in [6.07, 6.45) is -1.11. The van der Waals surface area contributed by atoms with E-state index in [1.54, 1.807) is 6.92 Å². The highest BCUT2D eigenvalue weighted by Crippen LogP contribution is 1.67. The average Bonchev–Trinajstić information content (AvgIpc) is 1.65. The highest BCUT2D eigenvalue weighted by Gasteiger charge is 1.80. The van der Waals surface area contributed by atoms with Gasteiger partial charge in [-0.3, -0.25) is 4.79 Å². The van der Waals surface area contributed by atoms with Crippen LogP contribution < -0.4 is 5.73 Å². The van der Waals surface area contributed by atoms with Crippen molar-refractivity contribution in [2.75, 3.05) is 0 Å². The summed E-state index contributed by atoms with van der Waals surface area (Å²) in [4.78, 5) is 18.1. The first kappa shape index (κ1) is 10.7. The molecule has 0 heterocycles. The van der Waals surface area contributed by atoms with Crippen LogP contribution in [0.25, 0.3) is 0 Å². The summed E-state index contributed by atoms with van der Waals surface area (Å²) in [6, 6.07) is 0. The molecule has 1 amide bonds. The van der Waals surface area contributed by atoms with Gasteiger partial charge in [-0.2, -0.15) is 0 Å². The summed E-state index contributed by atoms with van der Waals surface area (Å²) in [7, 11) is 0. The largest absolute Gasteiger partial charge is 0.481 e. The van der Waals surface area contributed by atoms with Crippen LogP contribution in [0.2, 0.25) is 0 Å². The first-order valence-electron chi connectivity index (χ1n) is 2.20. The van der Waals surface area contributed by atoms with Gasteiger partial charge in [0.05, 0.1) is 0 Å². The Kier molecular flexibility index (Phi) is 7.99. The van der Waals surface area contributed by atoms with Gasteiger partial charge in [-0.25, -0.2) is 4.79 Å². The lowest BCUT2D eigenvalue weighted by Gasteiger charge is -1.71. The molecule has 9 heavy (non-hydrogen) atoms. The van der Waals surface area contributed by atoms with Crippen molar-refractivity contribution < 1.29 is 19.8 Å². The lowest BCUT2D eigenvalue weighted by atomic mass is 10.5. The van der Waals surface area contributed by atoms with E-state index in [0.717, 1.165) is 0 Å². The van der Waals surface area contributed by atoms with Gasteiger partial charge >= 0.3 is 12.1 Å². The van der Waals surface area contributed by atoms with E-state index < -0.39 is 12.1 Å². The number of aliphatic carboxylic acids is 1. The molecule has 0 aromatic heterocycles. The Morgan fingerprint density at radius 3 is 1.56 bits per heavy atom. The van der Waals surface area contributed by atoms with E-state index in [2.05, 4.69) is 5.73 Å². The van der Waals surface area contributed by atoms with E-state index in [9.17, 15) is 4.79 Å². The van der Waals surface area contributed by atoms with Crippen LogP contribution >= 0.6 is 0 Å². The van der Waals surface area contributed by atoms with Gasteiger partial charge in [-0.05, 0) is 0 Å². The molecule has 0 aliphatic carbocycles. The van der Waals surface area contributed by atoms with Crippen LogP contribution in [0.1, 0.15) is 13.3 Å². The standard InChI is InChI=1S/C3H6O2.CH3NO2/c1-2-3(4)5;2-1(3)4/h2H2,1H3,(H,4,5);2H2,(H,3,4). The third kappa shape index (κ3) is 277. The van der Waals surface area contributed by atoms with Crippen LogP contribution in [0, 0.1) is 0 Å². The minimum absolute atomic E-state index is 0.222. The van der Waals surface area contributed by atoms with Gasteiger partial charge in [-0.1, -0.05) is 6.92 Å². The van der Waals surface area contributed by atoms with E-state index in [4.69, 9.17) is 15.0 Å². The normalized spacial score (nSPS) is 6.78. The number of hydrogen-bond acceptors (Lipinski definition) is 2.